The number of hydrogen-bond acceptors (Lipinski definition) is 2. The minimum atomic E-state index is -0.244. The average molecular weight is 275 g/mol. The van der Waals surface area contributed by atoms with Gasteiger partial charge in [0.1, 0.15) is 5.82 Å². The predicted octanol–water partition coefficient (Wildman–Crippen LogP) is 3.70. The van der Waals surface area contributed by atoms with Gasteiger partial charge in [-0.05, 0) is 29.8 Å². The molecule has 0 saturated heterocycles. The van der Waals surface area contributed by atoms with Crippen molar-refractivity contribution < 1.29 is 9.18 Å². The van der Waals surface area contributed by atoms with Crippen LogP contribution in [0.4, 0.5) is 10.1 Å². The van der Waals surface area contributed by atoms with E-state index in [1.54, 1.807) is 6.07 Å². The maximum absolute atomic E-state index is 13.0. The average Bonchev–Trinajstić information content (AvgIpc) is 2.40. The fourth-order valence-corrected chi connectivity index (χ4v) is 2.38. The Kier molecular flexibility index (Phi) is 4.98. The molecule has 4 heteroatoms. The van der Waals surface area contributed by atoms with Gasteiger partial charge in [-0.1, -0.05) is 30.3 Å². The van der Waals surface area contributed by atoms with Gasteiger partial charge >= 0.3 is 0 Å². The van der Waals surface area contributed by atoms with Gasteiger partial charge in [-0.15, -0.1) is 11.8 Å². The van der Waals surface area contributed by atoms with Gasteiger partial charge in [0.15, 0.2) is 0 Å². The molecule has 0 spiro atoms. The third-order valence-corrected chi connectivity index (χ3v) is 3.45. The van der Waals surface area contributed by atoms with Crippen molar-refractivity contribution in [1.29, 1.82) is 0 Å². The highest BCUT2D eigenvalue weighted by Crippen LogP contribution is 2.14. The van der Waals surface area contributed by atoms with Crippen LogP contribution in [0.3, 0.4) is 0 Å². The number of carbonyl (C=O) groups is 1. The molecule has 2 rings (SSSR count). The number of amides is 1. The lowest BCUT2D eigenvalue weighted by atomic mass is 10.2. The van der Waals surface area contributed by atoms with E-state index in [0.717, 1.165) is 11.3 Å². The molecule has 0 bridgehead atoms. The number of para-hydroxylation sites is 1. The molecule has 0 heterocycles. The van der Waals surface area contributed by atoms with Crippen molar-refractivity contribution in [3.63, 3.8) is 0 Å². The first-order valence-electron chi connectivity index (χ1n) is 5.91. The van der Waals surface area contributed by atoms with Crippen molar-refractivity contribution in [3.8, 4) is 0 Å². The number of benzene rings is 2. The molecule has 0 aliphatic heterocycles. The van der Waals surface area contributed by atoms with E-state index in [0.29, 0.717) is 11.5 Å². The first-order valence-corrected chi connectivity index (χ1v) is 7.06. The standard InChI is InChI=1S/C15H14FNOS/c16-13-6-4-5-12(9-13)10-19-11-15(18)17-14-7-2-1-3-8-14/h1-9H,10-11H2,(H,17,18). The monoisotopic (exact) mass is 275 g/mol. The molecular formula is C15H14FNOS. The highest BCUT2D eigenvalue weighted by Gasteiger charge is 2.03. The normalized spacial score (nSPS) is 10.2. The Balaban J connectivity index is 1.75. The van der Waals surface area contributed by atoms with E-state index >= 15 is 0 Å². The molecule has 2 nitrogen and oxygen atoms in total. The Morgan fingerprint density at radius 3 is 2.63 bits per heavy atom. The number of hydrogen-bond donors (Lipinski definition) is 1. The SMILES string of the molecule is O=C(CSCc1cccc(F)c1)Nc1ccccc1. The van der Waals surface area contributed by atoms with Crippen LogP contribution in [0.15, 0.2) is 54.6 Å². The molecule has 0 radical (unpaired) electrons. The second kappa shape index (κ2) is 6.95. The van der Waals surface area contributed by atoms with Crippen LogP contribution in [0.25, 0.3) is 0 Å². The van der Waals surface area contributed by atoms with Gasteiger partial charge in [0.25, 0.3) is 0 Å². The maximum Gasteiger partial charge on any atom is 0.234 e. The summed E-state index contributed by atoms with van der Waals surface area (Å²) in [5.41, 5.74) is 1.68. The lowest BCUT2D eigenvalue weighted by Crippen LogP contribution is -2.13. The van der Waals surface area contributed by atoms with Crippen molar-refractivity contribution in [2.24, 2.45) is 0 Å². The van der Waals surface area contributed by atoms with Gasteiger partial charge in [0.05, 0.1) is 5.75 Å². The van der Waals surface area contributed by atoms with Gasteiger partial charge in [-0.25, -0.2) is 4.39 Å². The first-order chi connectivity index (χ1) is 9.24. The molecule has 2 aromatic rings. The summed E-state index contributed by atoms with van der Waals surface area (Å²) < 4.78 is 13.0. The second-order valence-corrected chi connectivity index (χ2v) is 5.02. The van der Waals surface area contributed by atoms with Gasteiger partial charge in [0, 0.05) is 11.4 Å². The summed E-state index contributed by atoms with van der Waals surface area (Å²) in [6.07, 6.45) is 0. The zero-order chi connectivity index (χ0) is 13.5. The van der Waals surface area contributed by atoms with Crippen molar-refractivity contribution in [2.45, 2.75) is 5.75 Å². The number of nitrogens with one attached hydrogen (secondary N) is 1. The van der Waals surface area contributed by atoms with Crippen LogP contribution < -0.4 is 5.32 Å². The summed E-state index contributed by atoms with van der Waals surface area (Å²) in [6.45, 7) is 0. The van der Waals surface area contributed by atoms with Crippen molar-refractivity contribution in [3.05, 3.63) is 66.0 Å². The van der Waals surface area contributed by atoms with Crippen molar-refractivity contribution in [1.82, 2.24) is 0 Å². The molecule has 0 aliphatic rings. The van der Waals surface area contributed by atoms with Gasteiger partial charge < -0.3 is 5.32 Å². The minimum Gasteiger partial charge on any atom is -0.325 e. The molecule has 1 amide bonds. The number of rotatable bonds is 5. The van der Waals surface area contributed by atoms with Crippen molar-refractivity contribution in [2.75, 3.05) is 11.1 Å². The molecule has 0 fully saturated rings. The third kappa shape index (κ3) is 4.75. The molecule has 0 aliphatic carbocycles. The molecule has 1 N–H and O–H groups in total. The maximum atomic E-state index is 13.0. The Hall–Kier alpha value is -1.81. The molecule has 0 aromatic heterocycles. The number of carbonyl (C=O) groups excluding carboxylic acids is 1. The number of thioether (sulfide) groups is 1. The van der Waals surface area contributed by atoms with E-state index in [4.69, 9.17) is 0 Å². The topological polar surface area (TPSA) is 29.1 Å². The minimum absolute atomic E-state index is 0.0485. The summed E-state index contributed by atoms with van der Waals surface area (Å²) in [5.74, 6) is 0.685. The lowest BCUT2D eigenvalue weighted by molar-refractivity contribution is -0.113. The van der Waals surface area contributed by atoms with E-state index in [-0.39, 0.29) is 11.7 Å². The van der Waals surface area contributed by atoms with E-state index in [2.05, 4.69) is 5.32 Å². The summed E-state index contributed by atoms with van der Waals surface area (Å²) in [6, 6.07) is 15.8. The molecule has 19 heavy (non-hydrogen) atoms. The lowest BCUT2D eigenvalue weighted by Gasteiger charge is -2.05. The van der Waals surface area contributed by atoms with Crippen LogP contribution in [-0.2, 0) is 10.5 Å². The number of anilines is 1. The van der Waals surface area contributed by atoms with Crippen LogP contribution in [0.1, 0.15) is 5.56 Å². The molecule has 98 valence electrons. The summed E-state index contributed by atoms with van der Waals surface area (Å²) in [5, 5.41) is 2.81. The fraction of sp³-hybridized carbons (Fsp3) is 0.133. The van der Waals surface area contributed by atoms with Crippen molar-refractivity contribution >= 4 is 23.4 Å². The summed E-state index contributed by atoms with van der Waals surface area (Å²) in [4.78, 5) is 11.7. The summed E-state index contributed by atoms with van der Waals surface area (Å²) in [7, 11) is 0. The third-order valence-electron chi connectivity index (χ3n) is 2.45. The smallest absolute Gasteiger partial charge is 0.234 e. The molecule has 0 saturated carbocycles. The quantitative estimate of drug-likeness (QED) is 0.901. The van der Waals surface area contributed by atoms with Crippen LogP contribution in [0, 0.1) is 5.82 Å². The van der Waals surface area contributed by atoms with Crippen LogP contribution in [0.2, 0.25) is 0 Å². The molecule has 0 unspecified atom stereocenters. The van der Waals surface area contributed by atoms with E-state index < -0.39 is 0 Å². The second-order valence-electron chi connectivity index (χ2n) is 4.04. The first kappa shape index (κ1) is 13.6. The Bertz CT molecular complexity index is 545. The molecule has 0 atom stereocenters. The number of halogens is 1. The predicted molar refractivity (Wildman–Crippen MR) is 77.6 cm³/mol. The highest BCUT2D eigenvalue weighted by molar-refractivity contribution is 7.99. The van der Waals surface area contributed by atoms with Crippen LogP contribution >= 0.6 is 11.8 Å². The van der Waals surface area contributed by atoms with Crippen LogP contribution in [0.5, 0.6) is 0 Å². The zero-order valence-electron chi connectivity index (χ0n) is 10.3. The van der Waals surface area contributed by atoms with Gasteiger partial charge in [-0.2, -0.15) is 0 Å². The Morgan fingerprint density at radius 1 is 1.11 bits per heavy atom. The van der Waals surface area contributed by atoms with Gasteiger partial charge in [0.2, 0.25) is 5.91 Å². The van der Waals surface area contributed by atoms with E-state index in [1.807, 2.05) is 36.4 Å². The zero-order valence-corrected chi connectivity index (χ0v) is 11.1. The largest absolute Gasteiger partial charge is 0.325 e. The summed E-state index contributed by atoms with van der Waals surface area (Å²) >= 11 is 1.46. The van der Waals surface area contributed by atoms with Crippen LogP contribution in [-0.4, -0.2) is 11.7 Å². The van der Waals surface area contributed by atoms with E-state index in [9.17, 15) is 9.18 Å². The molecular weight excluding hydrogens is 261 g/mol. The highest BCUT2D eigenvalue weighted by atomic mass is 32.2. The Morgan fingerprint density at radius 2 is 1.89 bits per heavy atom. The Labute approximate surface area is 116 Å². The van der Waals surface area contributed by atoms with Gasteiger partial charge in [-0.3, -0.25) is 4.79 Å². The fourth-order valence-electron chi connectivity index (χ4n) is 1.61. The molecule has 2 aromatic carbocycles. The van der Waals surface area contributed by atoms with E-state index in [1.165, 1.54) is 23.9 Å².